The lowest BCUT2D eigenvalue weighted by molar-refractivity contribution is -0.167. The molecule has 0 spiro atoms. The van der Waals surface area contributed by atoms with Crippen LogP contribution in [0.15, 0.2) is 36.4 Å². The maximum absolute atomic E-state index is 13.5. The van der Waals surface area contributed by atoms with Crippen LogP contribution in [0, 0.1) is 5.82 Å². The molecule has 0 aromatic heterocycles. The normalized spacial score (nSPS) is 23.3. The largest absolute Gasteiger partial charge is 0.497 e. The number of methoxy groups -OCH3 is 2. The number of benzene rings is 2. The number of hydrogen-bond donors (Lipinski definition) is 0. The number of rotatable bonds is 7. The summed E-state index contributed by atoms with van der Waals surface area (Å²) in [6.45, 7) is 1.19. The van der Waals surface area contributed by atoms with E-state index in [-0.39, 0.29) is 23.1 Å². The molecule has 2 aromatic rings. The summed E-state index contributed by atoms with van der Waals surface area (Å²) in [6.07, 6.45) is 1.13. The second-order valence-electron chi connectivity index (χ2n) is 7.33. The number of carbonyl (C=O) groups excluding carboxylic acids is 1. The Morgan fingerprint density at radius 2 is 1.87 bits per heavy atom. The summed E-state index contributed by atoms with van der Waals surface area (Å²) in [4.78, 5) is 14.7. The lowest BCUT2D eigenvalue weighted by atomic mass is 9.89. The maximum atomic E-state index is 13.5. The van der Waals surface area contributed by atoms with Gasteiger partial charge >= 0.3 is 0 Å². The highest BCUT2D eigenvalue weighted by Crippen LogP contribution is 2.41. The predicted octanol–water partition coefficient (Wildman–Crippen LogP) is 4.01. The minimum absolute atomic E-state index is 0.00479. The third-order valence-corrected chi connectivity index (χ3v) is 5.73. The van der Waals surface area contributed by atoms with Crippen molar-refractivity contribution in [3.63, 3.8) is 0 Å². The van der Waals surface area contributed by atoms with E-state index in [1.54, 1.807) is 25.2 Å². The molecule has 3 atom stereocenters. The molecule has 0 N–H and O–H groups in total. The van der Waals surface area contributed by atoms with E-state index in [0.29, 0.717) is 30.4 Å². The fourth-order valence-electron chi connectivity index (χ4n) is 3.89. The van der Waals surface area contributed by atoms with Gasteiger partial charge in [-0.05, 0) is 42.7 Å². The van der Waals surface area contributed by atoms with Gasteiger partial charge in [-0.1, -0.05) is 11.6 Å². The highest BCUT2D eigenvalue weighted by Gasteiger charge is 2.51. The fourth-order valence-corrected chi connectivity index (χ4v) is 4.07. The molecule has 0 unspecified atom stereocenters. The summed E-state index contributed by atoms with van der Waals surface area (Å²) >= 11 is 5.87. The first-order chi connectivity index (χ1) is 14.5. The maximum Gasteiger partial charge on any atom is 0.266 e. The van der Waals surface area contributed by atoms with Crippen molar-refractivity contribution < 1.29 is 28.1 Å². The number of hydrogen-bond acceptors (Lipinski definition) is 5. The summed E-state index contributed by atoms with van der Waals surface area (Å²) < 4.78 is 35.9. The van der Waals surface area contributed by atoms with Crippen molar-refractivity contribution in [1.29, 1.82) is 0 Å². The monoisotopic (exact) mass is 435 g/mol. The van der Waals surface area contributed by atoms with Gasteiger partial charge in [0.05, 0.1) is 25.3 Å². The van der Waals surface area contributed by atoms with Crippen LogP contribution in [0.2, 0.25) is 5.02 Å². The van der Waals surface area contributed by atoms with Gasteiger partial charge in [-0.25, -0.2) is 4.39 Å². The molecule has 2 aromatic carbocycles. The lowest BCUT2D eigenvalue weighted by Crippen LogP contribution is -2.62. The Kier molecular flexibility index (Phi) is 6.01. The molecule has 30 heavy (non-hydrogen) atoms. The number of ether oxygens (including phenoxy) is 4. The van der Waals surface area contributed by atoms with E-state index in [0.717, 1.165) is 18.4 Å². The highest BCUT2D eigenvalue weighted by molar-refractivity contribution is 6.30. The molecule has 160 valence electrons. The third-order valence-electron chi connectivity index (χ3n) is 5.44. The first-order valence-electron chi connectivity index (χ1n) is 9.77. The second-order valence-corrected chi connectivity index (χ2v) is 7.74. The number of carbonyl (C=O) groups is 1. The van der Waals surface area contributed by atoms with Crippen molar-refractivity contribution in [3.05, 3.63) is 52.8 Å². The van der Waals surface area contributed by atoms with E-state index in [1.807, 2.05) is 12.1 Å². The smallest absolute Gasteiger partial charge is 0.266 e. The Labute approximate surface area is 179 Å². The molecule has 2 heterocycles. The molecule has 4 rings (SSSR count). The van der Waals surface area contributed by atoms with Crippen molar-refractivity contribution >= 4 is 17.5 Å². The van der Waals surface area contributed by atoms with Crippen LogP contribution in [0.1, 0.15) is 24.4 Å². The molecule has 8 heteroatoms. The van der Waals surface area contributed by atoms with Gasteiger partial charge in [-0.15, -0.1) is 0 Å². The standard InChI is InChI=1S/C22H23ClFNO5/c1-27-16-8-13(9-17(10-16)28-2)20-21(30-14-5-6-19(24)18(23)11-14)22(26)25(20)12-15-4-3-7-29-15/h5-6,8-11,15,20-21H,3-4,7,12H2,1-2H3/t15-,20-,21-/m1/s1. The molecule has 2 saturated heterocycles. The van der Waals surface area contributed by atoms with E-state index >= 15 is 0 Å². The Morgan fingerprint density at radius 3 is 2.47 bits per heavy atom. The van der Waals surface area contributed by atoms with Gasteiger partial charge in [0, 0.05) is 25.3 Å². The van der Waals surface area contributed by atoms with Gasteiger partial charge in [0.2, 0.25) is 6.10 Å². The molecular weight excluding hydrogens is 413 g/mol. The Bertz CT molecular complexity index is 911. The van der Waals surface area contributed by atoms with Gasteiger partial charge in [0.1, 0.15) is 29.1 Å². The van der Waals surface area contributed by atoms with Gasteiger partial charge in [-0.3, -0.25) is 4.79 Å². The summed E-state index contributed by atoms with van der Waals surface area (Å²) in [5.41, 5.74) is 0.821. The number of amides is 1. The van der Waals surface area contributed by atoms with E-state index in [4.69, 9.17) is 30.5 Å². The van der Waals surface area contributed by atoms with E-state index in [2.05, 4.69) is 0 Å². The quantitative estimate of drug-likeness (QED) is 0.615. The van der Waals surface area contributed by atoms with Crippen LogP contribution >= 0.6 is 11.6 Å². The average Bonchev–Trinajstić information content (AvgIpc) is 3.27. The van der Waals surface area contributed by atoms with Crippen LogP contribution in [0.5, 0.6) is 17.2 Å². The van der Waals surface area contributed by atoms with Crippen molar-refractivity contribution in [2.75, 3.05) is 27.4 Å². The van der Waals surface area contributed by atoms with Gasteiger partial charge in [-0.2, -0.15) is 0 Å². The lowest BCUT2D eigenvalue weighted by Gasteiger charge is -2.47. The number of halogens is 2. The van der Waals surface area contributed by atoms with Gasteiger partial charge < -0.3 is 23.8 Å². The number of β-lactam (4-membered cyclic amide) rings is 1. The minimum Gasteiger partial charge on any atom is -0.497 e. The molecular formula is C22H23ClFNO5. The van der Waals surface area contributed by atoms with Crippen molar-refractivity contribution in [2.24, 2.45) is 0 Å². The zero-order valence-electron chi connectivity index (χ0n) is 16.8. The second kappa shape index (κ2) is 8.70. The first-order valence-corrected chi connectivity index (χ1v) is 10.1. The molecule has 0 aliphatic carbocycles. The zero-order valence-corrected chi connectivity index (χ0v) is 17.5. The summed E-state index contributed by atoms with van der Waals surface area (Å²) in [5, 5.41) is -0.0601. The van der Waals surface area contributed by atoms with E-state index in [9.17, 15) is 9.18 Å². The Hall–Kier alpha value is -2.51. The molecule has 0 saturated carbocycles. The molecule has 0 bridgehead atoms. The van der Waals surface area contributed by atoms with Crippen LogP contribution in [-0.4, -0.2) is 50.4 Å². The van der Waals surface area contributed by atoms with Crippen LogP contribution in [0.25, 0.3) is 0 Å². The SMILES string of the molecule is COc1cc(OC)cc([C@@H]2[C@@H](Oc3ccc(F)c(Cl)c3)C(=O)N2C[C@H]2CCCO2)c1. The fraction of sp³-hybridized carbons (Fsp3) is 0.409. The van der Waals surface area contributed by atoms with Crippen LogP contribution < -0.4 is 14.2 Å². The van der Waals surface area contributed by atoms with E-state index in [1.165, 1.54) is 18.2 Å². The van der Waals surface area contributed by atoms with Crippen molar-refractivity contribution in [3.8, 4) is 17.2 Å². The molecule has 1 amide bonds. The first kappa shape index (κ1) is 20.8. The van der Waals surface area contributed by atoms with Crippen LogP contribution in [0.3, 0.4) is 0 Å². The number of likely N-dealkylation sites (tertiary alicyclic amines) is 1. The predicted molar refractivity (Wildman–Crippen MR) is 109 cm³/mol. The van der Waals surface area contributed by atoms with Gasteiger partial charge in [0.15, 0.2) is 0 Å². The Morgan fingerprint density at radius 1 is 1.13 bits per heavy atom. The molecule has 2 aliphatic rings. The van der Waals surface area contributed by atoms with Gasteiger partial charge in [0.25, 0.3) is 5.91 Å². The number of nitrogens with zero attached hydrogens (tertiary/aromatic N) is 1. The highest BCUT2D eigenvalue weighted by atomic mass is 35.5. The summed E-state index contributed by atoms with van der Waals surface area (Å²) in [6, 6.07) is 9.16. The summed E-state index contributed by atoms with van der Waals surface area (Å²) in [7, 11) is 3.15. The average molecular weight is 436 g/mol. The molecule has 6 nitrogen and oxygen atoms in total. The molecule has 2 aliphatic heterocycles. The molecule has 2 fully saturated rings. The minimum atomic E-state index is -0.773. The van der Waals surface area contributed by atoms with Crippen LogP contribution in [0.4, 0.5) is 4.39 Å². The topological polar surface area (TPSA) is 57.2 Å². The van der Waals surface area contributed by atoms with Crippen LogP contribution in [-0.2, 0) is 9.53 Å². The third kappa shape index (κ3) is 4.04. The van der Waals surface area contributed by atoms with Crippen molar-refractivity contribution in [2.45, 2.75) is 31.1 Å². The van der Waals surface area contributed by atoms with E-state index < -0.39 is 11.9 Å². The summed E-state index contributed by atoms with van der Waals surface area (Å²) in [5.74, 6) is 0.862. The Balaban J connectivity index is 1.64. The molecule has 0 radical (unpaired) electrons. The van der Waals surface area contributed by atoms with Crippen molar-refractivity contribution in [1.82, 2.24) is 4.90 Å². The zero-order chi connectivity index (χ0) is 21.3.